The fourth-order valence-corrected chi connectivity index (χ4v) is 3.65. The number of fused-ring (bicyclic) bond motifs is 1. The van der Waals surface area contributed by atoms with Crippen molar-refractivity contribution >= 4 is 46.0 Å². The van der Waals surface area contributed by atoms with Crippen molar-refractivity contribution in [3.8, 4) is 0 Å². The lowest BCUT2D eigenvalue weighted by Crippen LogP contribution is -2.51. The molecule has 110 valence electrons. The Kier molecular flexibility index (Phi) is 3.32. The Morgan fingerprint density at radius 3 is 2.95 bits per heavy atom. The Bertz CT molecular complexity index is 699. The molecule has 21 heavy (non-hydrogen) atoms. The predicted molar refractivity (Wildman–Crippen MR) is 84.0 cm³/mol. The second-order valence-corrected chi connectivity index (χ2v) is 6.59. The third-order valence-corrected chi connectivity index (χ3v) is 4.92. The van der Waals surface area contributed by atoms with E-state index in [1.165, 1.54) is 12.8 Å². The maximum absolute atomic E-state index is 12.8. The van der Waals surface area contributed by atoms with Crippen LogP contribution in [0.15, 0.2) is 12.1 Å². The molecule has 1 saturated carbocycles. The molecule has 2 heterocycles. The van der Waals surface area contributed by atoms with Crippen LogP contribution in [0.4, 0.5) is 5.69 Å². The van der Waals surface area contributed by atoms with Gasteiger partial charge in [0.2, 0.25) is 5.91 Å². The average molecular weight is 323 g/mol. The molecule has 2 fully saturated rings. The van der Waals surface area contributed by atoms with E-state index in [1.54, 1.807) is 11.0 Å². The van der Waals surface area contributed by atoms with E-state index in [9.17, 15) is 4.79 Å². The Labute approximate surface area is 131 Å². The third-order valence-electron chi connectivity index (χ3n) is 4.07. The fourth-order valence-electron chi connectivity index (χ4n) is 2.86. The number of nitrogens with zero attached hydrogens (tertiary/aromatic N) is 3. The topological polar surface area (TPSA) is 58.1 Å². The lowest BCUT2D eigenvalue weighted by molar-refractivity contribution is -0.121. The first-order chi connectivity index (χ1) is 10.2. The molecular weight excluding hydrogens is 308 g/mol. The van der Waals surface area contributed by atoms with E-state index in [0.717, 1.165) is 41.3 Å². The van der Waals surface area contributed by atoms with Crippen LogP contribution in [0.3, 0.4) is 0 Å². The Balaban J connectivity index is 1.71. The van der Waals surface area contributed by atoms with Crippen molar-refractivity contribution in [2.45, 2.75) is 37.8 Å². The number of nitrogens with one attached hydrogen (secondary N) is 1. The summed E-state index contributed by atoms with van der Waals surface area (Å²) in [7, 11) is 0. The van der Waals surface area contributed by atoms with E-state index in [2.05, 4.69) is 14.1 Å². The van der Waals surface area contributed by atoms with Crippen molar-refractivity contribution in [1.82, 2.24) is 14.1 Å². The molecule has 4 rings (SSSR count). The lowest BCUT2D eigenvalue weighted by atomic mass is 10.0. The lowest BCUT2D eigenvalue weighted by Gasteiger charge is -2.33. The number of rotatable bonds is 3. The molecule has 0 bridgehead atoms. The highest BCUT2D eigenvalue weighted by Gasteiger charge is 2.35. The number of aromatic nitrogens is 2. The minimum absolute atomic E-state index is 0.0934. The number of carbonyl (C=O) groups excluding carboxylic acids is 1. The zero-order valence-corrected chi connectivity index (χ0v) is 13.0. The first-order valence-electron chi connectivity index (χ1n) is 7.22. The molecule has 1 amide bonds. The van der Waals surface area contributed by atoms with Crippen LogP contribution in [0.1, 0.15) is 25.7 Å². The van der Waals surface area contributed by atoms with Gasteiger partial charge in [-0.2, -0.15) is 8.75 Å². The number of amides is 1. The highest BCUT2D eigenvalue weighted by molar-refractivity contribution is 7.00. The zero-order valence-electron chi connectivity index (χ0n) is 11.4. The van der Waals surface area contributed by atoms with Gasteiger partial charge in [-0.05, 0) is 37.8 Å². The molecular formula is C14H15ClN4OS. The summed E-state index contributed by atoms with van der Waals surface area (Å²) in [6.07, 6.45) is 4.22. The van der Waals surface area contributed by atoms with Gasteiger partial charge in [-0.25, -0.2) is 0 Å². The molecule has 2 aromatic rings. The molecule has 1 aromatic carbocycles. The van der Waals surface area contributed by atoms with Gasteiger partial charge in [-0.1, -0.05) is 11.6 Å². The van der Waals surface area contributed by atoms with E-state index in [-0.39, 0.29) is 11.9 Å². The molecule has 1 N–H and O–H groups in total. The smallest absolute Gasteiger partial charge is 0.244 e. The van der Waals surface area contributed by atoms with Crippen LogP contribution in [0.2, 0.25) is 5.02 Å². The van der Waals surface area contributed by atoms with Crippen molar-refractivity contribution < 1.29 is 4.79 Å². The standard InChI is InChI=1S/C14H15ClN4OS/c15-9-5-6-10-12(18-21-17-10)13(9)19-7-1-2-11(14(19)20)16-8-3-4-8/h5-6,8,11,16H,1-4,7H2. The van der Waals surface area contributed by atoms with Gasteiger partial charge in [0.1, 0.15) is 11.0 Å². The van der Waals surface area contributed by atoms with Gasteiger partial charge >= 0.3 is 0 Å². The van der Waals surface area contributed by atoms with Gasteiger partial charge < -0.3 is 10.2 Å². The van der Waals surface area contributed by atoms with Gasteiger partial charge in [0, 0.05) is 12.6 Å². The van der Waals surface area contributed by atoms with Crippen LogP contribution in [0.25, 0.3) is 11.0 Å². The molecule has 1 aliphatic carbocycles. The van der Waals surface area contributed by atoms with E-state index in [4.69, 9.17) is 11.6 Å². The molecule has 1 aromatic heterocycles. The van der Waals surface area contributed by atoms with Crippen LogP contribution in [-0.4, -0.2) is 33.3 Å². The SMILES string of the molecule is O=C1C(NC2CC2)CCCN1c1c(Cl)ccc2nsnc12. The highest BCUT2D eigenvalue weighted by atomic mass is 35.5. The van der Waals surface area contributed by atoms with Crippen LogP contribution in [0.5, 0.6) is 0 Å². The van der Waals surface area contributed by atoms with E-state index >= 15 is 0 Å². The summed E-state index contributed by atoms with van der Waals surface area (Å²) in [6.45, 7) is 0.693. The fraction of sp³-hybridized carbons (Fsp3) is 0.500. The molecule has 0 radical (unpaired) electrons. The van der Waals surface area contributed by atoms with Gasteiger partial charge in [-0.15, -0.1) is 0 Å². The van der Waals surface area contributed by atoms with Crippen LogP contribution >= 0.6 is 23.3 Å². The number of halogens is 1. The number of piperidine rings is 1. The van der Waals surface area contributed by atoms with E-state index in [0.29, 0.717) is 17.6 Å². The van der Waals surface area contributed by atoms with Gasteiger partial charge in [0.15, 0.2) is 0 Å². The monoisotopic (exact) mass is 322 g/mol. The summed E-state index contributed by atoms with van der Waals surface area (Å²) in [5.74, 6) is 0.107. The molecule has 1 unspecified atom stereocenters. The largest absolute Gasteiger partial charge is 0.308 e. The maximum atomic E-state index is 12.8. The van der Waals surface area contributed by atoms with E-state index < -0.39 is 0 Å². The Hall–Kier alpha value is -1.24. The highest BCUT2D eigenvalue weighted by Crippen LogP contribution is 2.35. The quantitative estimate of drug-likeness (QED) is 0.943. The number of benzene rings is 1. The Morgan fingerprint density at radius 1 is 1.29 bits per heavy atom. The maximum Gasteiger partial charge on any atom is 0.244 e. The normalized spacial score (nSPS) is 23.0. The molecule has 1 aliphatic heterocycles. The van der Waals surface area contributed by atoms with Gasteiger partial charge in [-0.3, -0.25) is 4.79 Å². The van der Waals surface area contributed by atoms with Crippen LogP contribution < -0.4 is 10.2 Å². The first-order valence-corrected chi connectivity index (χ1v) is 8.33. The minimum atomic E-state index is -0.0934. The van der Waals surface area contributed by atoms with E-state index in [1.807, 2.05) is 6.07 Å². The number of hydrogen-bond acceptors (Lipinski definition) is 5. The average Bonchev–Trinajstić information content (AvgIpc) is 3.16. The van der Waals surface area contributed by atoms with Crippen molar-refractivity contribution in [3.63, 3.8) is 0 Å². The van der Waals surface area contributed by atoms with Gasteiger partial charge in [0.25, 0.3) is 0 Å². The van der Waals surface area contributed by atoms with Gasteiger partial charge in [0.05, 0.1) is 28.5 Å². The molecule has 7 heteroatoms. The molecule has 1 saturated heterocycles. The summed E-state index contributed by atoms with van der Waals surface area (Å²) in [5.41, 5.74) is 2.24. The van der Waals surface area contributed by atoms with Crippen molar-refractivity contribution in [2.24, 2.45) is 0 Å². The summed E-state index contributed by atoms with van der Waals surface area (Å²) < 4.78 is 8.56. The third kappa shape index (κ3) is 2.41. The molecule has 0 spiro atoms. The molecule has 2 aliphatic rings. The summed E-state index contributed by atoms with van der Waals surface area (Å²) in [6, 6.07) is 4.07. The number of anilines is 1. The Morgan fingerprint density at radius 2 is 2.14 bits per heavy atom. The molecule has 5 nitrogen and oxygen atoms in total. The van der Waals surface area contributed by atoms with Crippen molar-refractivity contribution in [1.29, 1.82) is 0 Å². The van der Waals surface area contributed by atoms with Crippen molar-refractivity contribution in [3.05, 3.63) is 17.2 Å². The number of carbonyl (C=O) groups is 1. The number of hydrogen-bond donors (Lipinski definition) is 1. The minimum Gasteiger partial charge on any atom is -0.308 e. The molecule has 1 atom stereocenters. The summed E-state index contributed by atoms with van der Waals surface area (Å²) in [4.78, 5) is 14.6. The summed E-state index contributed by atoms with van der Waals surface area (Å²) in [5, 5.41) is 4.00. The van der Waals surface area contributed by atoms with Crippen molar-refractivity contribution in [2.75, 3.05) is 11.4 Å². The van der Waals surface area contributed by atoms with Crippen LogP contribution in [0, 0.1) is 0 Å². The first kappa shape index (κ1) is 13.4. The zero-order chi connectivity index (χ0) is 14.4. The summed E-state index contributed by atoms with van der Waals surface area (Å²) >= 11 is 7.50. The van der Waals surface area contributed by atoms with Crippen LogP contribution in [-0.2, 0) is 4.79 Å². The second-order valence-electron chi connectivity index (χ2n) is 5.65. The predicted octanol–water partition coefficient (Wildman–Crippen LogP) is 2.59. The second kappa shape index (κ2) is 5.19.